The van der Waals surface area contributed by atoms with Gasteiger partial charge in [0, 0.05) is 18.6 Å². The van der Waals surface area contributed by atoms with Crippen LogP contribution in [0.5, 0.6) is 0 Å². The summed E-state index contributed by atoms with van der Waals surface area (Å²) < 4.78 is 0.631. The summed E-state index contributed by atoms with van der Waals surface area (Å²) in [6.45, 7) is -0.126. The zero-order valence-corrected chi connectivity index (χ0v) is 12.5. The number of benzene rings is 1. The molecule has 0 aliphatic heterocycles. The van der Waals surface area contributed by atoms with Crippen LogP contribution in [-0.2, 0) is 4.79 Å². The van der Waals surface area contributed by atoms with Gasteiger partial charge in [-0.05, 0) is 18.2 Å². The van der Waals surface area contributed by atoms with Gasteiger partial charge in [0.2, 0.25) is 5.91 Å². The molecule has 7 nitrogen and oxygen atoms in total. The summed E-state index contributed by atoms with van der Waals surface area (Å²) in [5.74, 6) is -1.47. The third kappa shape index (κ3) is 4.23. The summed E-state index contributed by atoms with van der Waals surface area (Å²) in [5, 5.41) is 13.9. The second kappa shape index (κ2) is 6.90. The Balaban J connectivity index is 2.87. The lowest BCUT2D eigenvalue weighted by molar-refractivity contribution is -0.120. The number of aromatic carboxylic acids is 1. The fraction of sp³-hybridized carbons (Fsp3) is 0.250. The van der Waals surface area contributed by atoms with Crippen LogP contribution < -0.4 is 10.6 Å². The van der Waals surface area contributed by atoms with Crippen LogP contribution in [0.15, 0.2) is 22.7 Å². The SMILES string of the molecule is CNC(=O)CN(C)C(=O)Nc1cc(Br)ccc1C(=O)O. The molecule has 20 heavy (non-hydrogen) atoms. The number of urea groups is 1. The lowest BCUT2D eigenvalue weighted by atomic mass is 10.2. The molecule has 0 bridgehead atoms. The Kier molecular flexibility index (Phi) is 5.51. The molecule has 0 unspecified atom stereocenters. The van der Waals surface area contributed by atoms with Crippen molar-refractivity contribution in [3.8, 4) is 0 Å². The number of amides is 3. The molecular formula is C12H14BrN3O4. The quantitative estimate of drug-likeness (QED) is 0.768. The van der Waals surface area contributed by atoms with Crippen molar-refractivity contribution in [1.82, 2.24) is 10.2 Å². The van der Waals surface area contributed by atoms with Crippen LogP contribution in [0.2, 0.25) is 0 Å². The molecule has 1 aromatic rings. The maximum absolute atomic E-state index is 11.9. The predicted octanol–water partition coefficient (Wildman–Crippen LogP) is 1.36. The number of hydrogen-bond donors (Lipinski definition) is 3. The van der Waals surface area contributed by atoms with E-state index in [-0.39, 0.29) is 23.7 Å². The van der Waals surface area contributed by atoms with Crippen LogP contribution in [0.3, 0.4) is 0 Å². The Morgan fingerprint density at radius 2 is 2.00 bits per heavy atom. The van der Waals surface area contributed by atoms with E-state index < -0.39 is 12.0 Å². The number of likely N-dealkylation sites (N-methyl/N-ethyl adjacent to an activating group) is 2. The van der Waals surface area contributed by atoms with Gasteiger partial charge in [0.1, 0.15) is 6.54 Å². The highest BCUT2D eigenvalue weighted by atomic mass is 79.9. The van der Waals surface area contributed by atoms with Crippen molar-refractivity contribution in [3.63, 3.8) is 0 Å². The second-order valence-electron chi connectivity index (χ2n) is 3.95. The Morgan fingerprint density at radius 3 is 2.55 bits per heavy atom. The molecule has 108 valence electrons. The topological polar surface area (TPSA) is 98.7 Å². The van der Waals surface area contributed by atoms with E-state index in [1.54, 1.807) is 6.07 Å². The first kappa shape index (κ1) is 16.0. The molecule has 0 atom stereocenters. The normalized spacial score (nSPS) is 9.75. The first-order valence-electron chi connectivity index (χ1n) is 5.60. The summed E-state index contributed by atoms with van der Waals surface area (Å²) in [6, 6.07) is 3.85. The van der Waals surface area contributed by atoms with Crippen LogP contribution in [0.4, 0.5) is 10.5 Å². The van der Waals surface area contributed by atoms with Crippen LogP contribution in [0.25, 0.3) is 0 Å². The third-order valence-corrected chi connectivity index (χ3v) is 2.95. The van der Waals surface area contributed by atoms with Crippen molar-refractivity contribution in [3.05, 3.63) is 28.2 Å². The molecule has 3 amide bonds. The molecule has 8 heteroatoms. The Bertz CT molecular complexity index is 548. The number of hydrogen-bond acceptors (Lipinski definition) is 3. The van der Waals surface area contributed by atoms with Gasteiger partial charge in [-0.1, -0.05) is 15.9 Å². The van der Waals surface area contributed by atoms with Crippen LogP contribution >= 0.6 is 15.9 Å². The van der Waals surface area contributed by atoms with E-state index in [0.717, 1.165) is 4.90 Å². The van der Waals surface area contributed by atoms with Gasteiger partial charge in [0.05, 0.1) is 11.3 Å². The predicted molar refractivity (Wildman–Crippen MR) is 76.8 cm³/mol. The molecule has 0 aliphatic carbocycles. The highest BCUT2D eigenvalue weighted by Crippen LogP contribution is 2.21. The number of nitrogens with zero attached hydrogens (tertiary/aromatic N) is 1. The second-order valence-corrected chi connectivity index (χ2v) is 4.87. The number of carbonyl (C=O) groups is 3. The number of halogens is 1. The van der Waals surface area contributed by atoms with Gasteiger partial charge >= 0.3 is 12.0 Å². The van der Waals surface area contributed by atoms with E-state index in [2.05, 4.69) is 26.6 Å². The van der Waals surface area contributed by atoms with E-state index in [1.807, 2.05) is 0 Å². The molecule has 0 saturated carbocycles. The molecule has 0 aromatic heterocycles. The van der Waals surface area contributed by atoms with E-state index in [1.165, 1.54) is 26.2 Å². The standard InChI is InChI=1S/C12H14BrN3O4/c1-14-10(17)6-16(2)12(20)15-9-5-7(13)3-4-8(9)11(18)19/h3-5H,6H2,1-2H3,(H,14,17)(H,15,20)(H,18,19). The van der Waals surface area contributed by atoms with Gasteiger partial charge in [-0.2, -0.15) is 0 Å². The Hall–Kier alpha value is -2.09. The number of carboxylic acid groups (broad SMARTS) is 1. The lowest BCUT2D eigenvalue weighted by Crippen LogP contribution is -2.39. The average Bonchev–Trinajstić information content (AvgIpc) is 2.38. The molecular weight excluding hydrogens is 330 g/mol. The largest absolute Gasteiger partial charge is 0.478 e. The first-order valence-corrected chi connectivity index (χ1v) is 6.40. The van der Waals surface area contributed by atoms with Crippen molar-refractivity contribution in [1.29, 1.82) is 0 Å². The van der Waals surface area contributed by atoms with Gasteiger partial charge in [-0.3, -0.25) is 4.79 Å². The minimum absolute atomic E-state index is 0.0325. The van der Waals surface area contributed by atoms with E-state index in [4.69, 9.17) is 5.11 Å². The van der Waals surface area contributed by atoms with Crippen molar-refractivity contribution >= 4 is 39.5 Å². The zero-order chi connectivity index (χ0) is 15.3. The summed E-state index contributed by atoms with van der Waals surface area (Å²) in [6.07, 6.45) is 0. The molecule has 0 saturated heterocycles. The van der Waals surface area contributed by atoms with Crippen LogP contribution in [0.1, 0.15) is 10.4 Å². The number of carbonyl (C=O) groups excluding carboxylic acids is 2. The average molecular weight is 344 g/mol. The maximum atomic E-state index is 11.9. The molecule has 0 heterocycles. The third-order valence-electron chi connectivity index (χ3n) is 2.46. The molecule has 0 aliphatic rings. The van der Waals surface area contributed by atoms with E-state index >= 15 is 0 Å². The number of carboxylic acids is 1. The first-order chi connectivity index (χ1) is 9.35. The number of rotatable bonds is 4. The molecule has 1 aromatic carbocycles. The summed E-state index contributed by atoms with van der Waals surface area (Å²) in [4.78, 5) is 35.3. The molecule has 0 spiro atoms. The number of anilines is 1. The van der Waals surface area contributed by atoms with Gasteiger partial charge in [0.15, 0.2) is 0 Å². The smallest absolute Gasteiger partial charge is 0.337 e. The number of nitrogens with one attached hydrogen (secondary N) is 2. The Morgan fingerprint density at radius 1 is 1.35 bits per heavy atom. The minimum Gasteiger partial charge on any atom is -0.478 e. The van der Waals surface area contributed by atoms with Crippen LogP contribution in [0, 0.1) is 0 Å². The fourth-order valence-electron chi connectivity index (χ4n) is 1.38. The highest BCUT2D eigenvalue weighted by Gasteiger charge is 2.16. The maximum Gasteiger partial charge on any atom is 0.337 e. The van der Waals surface area contributed by atoms with Gasteiger partial charge in [-0.25, -0.2) is 9.59 Å². The van der Waals surface area contributed by atoms with E-state index in [0.29, 0.717) is 4.47 Å². The summed E-state index contributed by atoms with van der Waals surface area (Å²) in [5.41, 5.74) is 0.121. The van der Waals surface area contributed by atoms with Crippen LogP contribution in [-0.4, -0.2) is 48.6 Å². The minimum atomic E-state index is -1.15. The summed E-state index contributed by atoms with van der Waals surface area (Å²) >= 11 is 3.20. The Labute approximate surface area is 124 Å². The van der Waals surface area contributed by atoms with Gasteiger partial charge in [-0.15, -0.1) is 0 Å². The summed E-state index contributed by atoms with van der Waals surface area (Å²) in [7, 11) is 2.90. The lowest BCUT2D eigenvalue weighted by Gasteiger charge is -2.18. The fourth-order valence-corrected chi connectivity index (χ4v) is 1.74. The van der Waals surface area contributed by atoms with Crippen molar-refractivity contribution in [2.24, 2.45) is 0 Å². The van der Waals surface area contributed by atoms with Crippen molar-refractivity contribution in [2.75, 3.05) is 26.0 Å². The van der Waals surface area contributed by atoms with Gasteiger partial charge < -0.3 is 20.6 Å². The molecule has 0 fully saturated rings. The molecule has 1 rings (SSSR count). The van der Waals surface area contributed by atoms with Gasteiger partial charge in [0.25, 0.3) is 0 Å². The molecule has 0 radical (unpaired) electrons. The van der Waals surface area contributed by atoms with Crippen molar-refractivity contribution < 1.29 is 19.5 Å². The van der Waals surface area contributed by atoms with E-state index in [9.17, 15) is 14.4 Å². The van der Waals surface area contributed by atoms with Crippen molar-refractivity contribution in [2.45, 2.75) is 0 Å². The zero-order valence-electron chi connectivity index (χ0n) is 10.9. The highest BCUT2D eigenvalue weighted by molar-refractivity contribution is 9.10. The molecule has 3 N–H and O–H groups in total. The monoisotopic (exact) mass is 343 g/mol.